The molecule has 1 aromatic carbocycles. The molecule has 0 aromatic heterocycles. The maximum absolute atomic E-state index is 11.4. The lowest BCUT2D eigenvalue weighted by molar-refractivity contribution is 0.0511. The second-order valence-electron chi connectivity index (χ2n) is 5.80. The van der Waals surface area contributed by atoms with E-state index in [0.29, 0.717) is 79.0 Å². The fourth-order valence-corrected chi connectivity index (χ4v) is 1.89. The van der Waals surface area contributed by atoms with Gasteiger partial charge in [-0.1, -0.05) is 30.3 Å². The van der Waals surface area contributed by atoms with E-state index in [1.165, 1.54) is 0 Å². The summed E-state index contributed by atoms with van der Waals surface area (Å²) in [5, 5.41) is 2.61. The summed E-state index contributed by atoms with van der Waals surface area (Å²) in [6, 6.07) is 9.52. The van der Waals surface area contributed by atoms with Crippen molar-refractivity contribution in [3.63, 3.8) is 0 Å². The highest BCUT2D eigenvalue weighted by Gasteiger charge is 2.01. The van der Waals surface area contributed by atoms with Crippen LogP contribution in [-0.2, 0) is 30.3 Å². The van der Waals surface area contributed by atoms with E-state index in [2.05, 4.69) is 5.32 Å². The highest BCUT2D eigenvalue weighted by molar-refractivity contribution is 5.67. The SMILES string of the molecule is NCCOCCOCCN.NCCOCCOCCNC(=O)OCc1ccccc1. The molecule has 0 aliphatic heterocycles. The largest absolute Gasteiger partial charge is 0.445 e. The average Bonchev–Trinajstić information content (AvgIpc) is 2.78. The molecular formula is C20H38N4O6. The summed E-state index contributed by atoms with van der Waals surface area (Å²) < 4.78 is 25.5. The Hall–Kier alpha value is -1.79. The first kappa shape index (κ1) is 28.2. The minimum absolute atomic E-state index is 0.264. The van der Waals surface area contributed by atoms with Crippen molar-refractivity contribution in [1.82, 2.24) is 5.32 Å². The molecule has 7 N–H and O–H groups in total. The van der Waals surface area contributed by atoms with E-state index in [1.54, 1.807) is 0 Å². The van der Waals surface area contributed by atoms with E-state index in [-0.39, 0.29) is 6.61 Å². The number of carbonyl (C=O) groups is 1. The maximum Gasteiger partial charge on any atom is 0.407 e. The van der Waals surface area contributed by atoms with E-state index in [4.69, 9.17) is 40.9 Å². The number of nitrogens with one attached hydrogen (secondary N) is 1. The zero-order valence-electron chi connectivity index (χ0n) is 17.8. The van der Waals surface area contributed by atoms with E-state index in [1.807, 2.05) is 30.3 Å². The first-order valence-corrected chi connectivity index (χ1v) is 10.1. The molecule has 1 amide bonds. The predicted molar refractivity (Wildman–Crippen MR) is 115 cm³/mol. The number of nitrogens with two attached hydrogens (primary N) is 3. The van der Waals surface area contributed by atoms with Gasteiger partial charge in [-0.05, 0) is 5.56 Å². The Morgan fingerprint density at radius 2 is 1.17 bits per heavy atom. The second kappa shape index (κ2) is 23.5. The summed E-state index contributed by atoms with van der Waals surface area (Å²) in [6.07, 6.45) is -0.447. The van der Waals surface area contributed by atoms with Gasteiger partial charge in [0, 0.05) is 26.2 Å². The van der Waals surface area contributed by atoms with Crippen molar-refractivity contribution in [2.24, 2.45) is 17.2 Å². The van der Waals surface area contributed by atoms with Gasteiger partial charge in [0.05, 0.1) is 52.9 Å². The Morgan fingerprint density at radius 3 is 1.63 bits per heavy atom. The molecule has 10 heteroatoms. The summed E-state index contributed by atoms with van der Waals surface area (Å²) >= 11 is 0. The molecule has 0 heterocycles. The molecule has 0 spiro atoms. The molecule has 174 valence electrons. The Bertz CT molecular complexity index is 474. The molecule has 0 aliphatic carbocycles. The summed E-state index contributed by atoms with van der Waals surface area (Å²) in [5.41, 5.74) is 16.6. The fraction of sp³-hybridized carbons (Fsp3) is 0.650. The zero-order chi connectivity index (χ0) is 22.1. The van der Waals surface area contributed by atoms with Crippen LogP contribution < -0.4 is 22.5 Å². The molecule has 0 radical (unpaired) electrons. The van der Waals surface area contributed by atoms with Gasteiger partial charge < -0.3 is 46.2 Å². The first-order valence-electron chi connectivity index (χ1n) is 10.1. The van der Waals surface area contributed by atoms with Crippen molar-refractivity contribution < 1.29 is 28.5 Å². The Labute approximate surface area is 179 Å². The average molecular weight is 431 g/mol. The third kappa shape index (κ3) is 20.9. The molecule has 0 aliphatic rings. The van der Waals surface area contributed by atoms with Gasteiger partial charge in [0.15, 0.2) is 0 Å². The molecule has 30 heavy (non-hydrogen) atoms. The van der Waals surface area contributed by atoms with E-state index >= 15 is 0 Å². The van der Waals surface area contributed by atoms with Gasteiger partial charge in [0.2, 0.25) is 0 Å². The van der Waals surface area contributed by atoms with Crippen LogP contribution in [0.2, 0.25) is 0 Å². The summed E-state index contributed by atoms with van der Waals surface area (Å²) in [7, 11) is 0. The van der Waals surface area contributed by atoms with Gasteiger partial charge in [-0.25, -0.2) is 4.79 Å². The van der Waals surface area contributed by atoms with Crippen LogP contribution >= 0.6 is 0 Å². The van der Waals surface area contributed by atoms with Crippen LogP contribution in [0.3, 0.4) is 0 Å². The third-order valence-corrected chi connectivity index (χ3v) is 3.26. The van der Waals surface area contributed by atoms with Crippen molar-refractivity contribution in [3.05, 3.63) is 35.9 Å². The van der Waals surface area contributed by atoms with Crippen molar-refractivity contribution in [2.45, 2.75) is 6.61 Å². The lowest BCUT2D eigenvalue weighted by atomic mass is 10.2. The summed E-state index contributed by atoms with van der Waals surface area (Å²) in [4.78, 5) is 11.4. The molecule has 0 saturated heterocycles. The molecule has 1 rings (SSSR count). The number of benzene rings is 1. The maximum atomic E-state index is 11.4. The standard InChI is InChI=1S/C14H22N2O4.C6H16N2O2/c15-6-8-18-10-11-19-9-7-16-14(17)20-12-13-4-2-1-3-5-13;7-1-3-9-5-6-10-4-2-8/h1-5H,6-12,15H2,(H,16,17);1-8H2. The number of hydrogen-bond donors (Lipinski definition) is 4. The van der Waals surface area contributed by atoms with Gasteiger partial charge in [-0.3, -0.25) is 0 Å². The zero-order valence-corrected chi connectivity index (χ0v) is 17.8. The van der Waals surface area contributed by atoms with Crippen molar-refractivity contribution >= 4 is 6.09 Å². The minimum Gasteiger partial charge on any atom is -0.445 e. The minimum atomic E-state index is -0.447. The number of carbonyl (C=O) groups excluding carboxylic acids is 1. The molecule has 1 aromatic rings. The quantitative estimate of drug-likeness (QED) is 0.247. The Balaban J connectivity index is 0.000000710. The van der Waals surface area contributed by atoms with Crippen molar-refractivity contribution in [2.75, 3.05) is 79.0 Å². The second-order valence-corrected chi connectivity index (χ2v) is 5.80. The lowest BCUT2D eigenvalue weighted by Crippen LogP contribution is -2.28. The van der Waals surface area contributed by atoms with Gasteiger partial charge in [0.1, 0.15) is 6.61 Å². The lowest BCUT2D eigenvalue weighted by Gasteiger charge is -2.08. The highest BCUT2D eigenvalue weighted by atomic mass is 16.6. The van der Waals surface area contributed by atoms with E-state index in [9.17, 15) is 4.79 Å². The highest BCUT2D eigenvalue weighted by Crippen LogP contribution is 2.00. The third-order valence-electron chi connectivity index (χ3n) is 3.26. The number of alkyl carbamates (subject to hydrolysis) is 1. The summed E-state index contributed by atoms with van der Waals surface area (Å²) in [6.45, 7) is 6.69. The molecule has 0 fully saturated rings. The molecule has 0 atom stereocenters. The Kier molecular flexibility index (Phi) is 22.1. The van der Waals surface area contributed by atoms with Crippen LogP contribution in [0.15, 0.2) is 30.3 Å². The van der Waals surface area contributed by atoms with Crippen molar-refractivity contribution in [1.29, 1.82) is 0 Å². The molecular weight excluding hydrogens is 392 g/mol. The number of rotatable bonds is 17. The van der Waals surface area contributed by atoms with Gasteiger partial charge >= 0.3 is 6.09 Å². The normalized spacial score (nSPS) is 10.2. The van der Waals surface area contributed by atoms with Crippen LogP contribution in [0, 0.1) is 0 Å². The first-order chi connectivity index (χ1) is 14.7. The fourth-order valence-electron chi connectivity index (χ4n) is 1.89. The van der Waals surface area contributed by atoms with E-state index in [0.717, 1.165) is 5.56 Å². The van der Waals surface area contributed by atoms with Crippen molar-refractivity contribution in [3.8, 4) is 0 Å². The molecule has 0 bridgehead atoms. The van der Waals surface area contributed by atoms with Crippen LogP contribution in [0.5, 0.6) is 0 Å². The summed E-state index contributed by atoms with van der Waals surface area (Å²) in [5.74, 6) is 0. The topological polar surface area (TPSA) is 153 Å². The monoisotopic (exact) mass is 430 g/mol. The van der Waals surface area contributed by atoms with Crippen LogP contribution in [0.4, 0.5) is 4.79 Å². The van der Waals surface area contributed by atoms with Gasteiger partial charge in [-0.2, -0.15) is 0 Å². The number of ether oxygens (including phenoxy) is 5. The Morgan fingerprint density at radius 1 is 0.700 bits per heavy atom. The number of amides is 1. The molecule has 10 nitrogen and oxygen atoms in total. The van der Waals surface area contributed by atoms with Gasteiger partial charge in [-0.15, -0.1) is 0 Å². The predicted octanol–water partition coefficient (Wildman–Crippen LogP) is -0.158. The van der Waals surface area contributed by atoms with Crippen LogP contribution in [0.25, 0.3) is 0 Å². The number of hydrogen-bond acceptors (Lipinski definition) is 9. The molecule has 0 unspecified atom stereocenters. The molecule has 0 saturated carbocycles. The van der Waals surface area contributed by atoms with Crippen LogP contribution in [-0.4, -0.2) is 85.1 Å². The van der Waals surface area contributed by atoms with Crippen LogP contribution in [0.1, 0.15) is 5.56 Å². The smallest absolute Gasteiger partial charge is 0.407 e. The van der Waals surface area contributed by atoms with Gasteiger partial charge in [0.25, 0.3) is 0 Å². The van der Waals surface area contributed by atoms with E-state index < -0.39 is 6.09 Å².